The summed E-state index contributed by atoms with van der Waals surface area (Å²) in [7, 11) is 0. The molecule has 1 saturated carbocycles. The Bertz CT molecular complexity index is 413. The molecule has 0 heterocycles. The standard InChI is InChI=1S/C15H19ClO/c1-15(2)7-5-12(6-8-15)13-4-3-11(10-17)9-14(13)16/h3-4,9-10,12H,5-8H2,1-2H3. The van der Waals surface area contributed by atoms with E-state index in [4.69, 9.17) is 11.6 Å². The normalized spacial score (nSPS) is 20.2. The number of hydrogen-bond donors (Lipinski definition) is 0. The van der Waals surface area contributed by atoms with Crippen LogP contribution in [0.1, 0.15) is 61.4 Å². The number of hydrogen-bond acceptors (Lipinski definition) is 1. The molecule has 1 aromatic rings. The van der Waals surface area contributed by atoms with Gasteiger partial charge in [0.2, 0.25) is 0 Å². The van der Waals surface area contributed by atoms with Crippen LogP contribution >= 0.6 is 11.6 Å². The molecule has 0 amide bonds. The highest BCUT2D eigenvalue weighted by Crippen LogP contribution is 2.43. The maximum Gasteiger partial charge on any atom is 0.150 e. The highest BCUT2D eigenvalue weighted by Gasteiger charge is 2.28. The fourth-order valence-corrected chi connectivity index (χ4v) is 3.00. The summed E-state index contributed by atoms with van der Waals surface area (Å²) < 4.78 is 0. The predicted octanol–water partition coefficient (Wildman–Crippen LogP) is 4.84. The summed E-state index contributed by atoms with van der Waals surface area (Å²) in [5.74, 6) is 0.566. The van der Waals surface area contributed by atoms with Crippen LogP contribution in [-0.2, 0) is 0 Å². The van der Waals surface area contributed by atoms with Gasteiger partial charge in [-0.15, -0.1) is 0 Å². The van der Waals surface area contributed by atoms with Crippen molar-refractivity contribution in [1.82, 2.24) is 0 Å². The van der Waals surface area contributed by atoms with Crippen LogP contribution in [0.2, 0.25) is 5.02 Å². The van der Waals surface area contributed by atoms with Crippen LogP contribution in [0.25, 0.3) is 0 Å². The fraction of sp³-hybridized carbons (Fsp3) is 0.533. The van der Waals surface area contributed by atoms with Crippen LogP contribution < -0.4 is 0 Å². The van der Waals surface area contributed by atoms with Gasteiger partial charge in [0.25, 0.3) is 0 Å². The Morgan fingerprint density at radius 1 is 1.29 bits per heavy atom. The molecule has 0 bridgehead atoms. The fourth-order valence-electron chi connectivity index (χ4n) is 2.66. The van der Waals surface area contributed by atoms with Crippen molar-refractivity contribution in [2.75, 3.05) is 0 Å². The molecule has 0 aliphatic heterocycles. The van der Waals surface area contributed by atoms with Gasteiger partial charge in [-0.05, 0) is 48.6 Å². The molecular formula is C15H19ClO. The van der Waals surface area contributed by atoms with E-state index in [2.05, 4.69) is 13.8 Å². The van der Waals surface area contributed by atoms with Crippen LogP contribution in [0.3, 0.4) is 0 Å². The lowest BCUT2D eigenvalue weighted by molar-refractivity contribution is 0.112. The van der Waals surface area contributed by atoms with E-state index in [1.54, 1.807) is 6.07 Å². The number of benzene rings is 1. The summed E-state index contributed by atoms with van der Waals surface area (Å²) in [6, 6.07) is 5.67. The second kappa shape index (κ2) is 4.81. The monoisotopic (exact) mass is 250 g/mol. The Kier molecular flexibility index (Phi) is 3.58. The van der Waals surface area contributed by atoms with Crippen molar-refractivity contribution in [3.8, 4) is 0 Å². The highest BCUT2D eigenvalue weighted by molar-refractivity contribution is 6.31. The van der Waals surface area contributed by atoms with Gasteiger partial charge in [0.05, 0.1) is 0 Å². The molecule has 0 atom stereocenters. The summed E-state index contributed by atoms with van der Waals surface area (Å²) in [6.45, 7) is 4.67. The first kappa shape index (κ1) is 12.6. The minimum Gasteiger partial charge on any atom is -0.298 e. The van der Waals surface area contributed by atoms with E-state index in [9.17, 15) is 4.79 Å². The van der Waals surface area contributed by atoms with Crippen LogP contribution in [0.4, 0.5) is 0 Å². The number of halogens is 1. The van der Waals surface area contributed by atoms with Gasteiger partial charge in [-0.25, -0.2) is 0 Å². The Labute approximate surface area is 108 Å². The van der Waals surface area contributed by atoms with Crippen molar-refractivity contribution in [2.24, 2.45) is 5.41 Å². The molecule has 17 heavy (non-hydrogen) atoms. The Morgan fingerprint density at radius 2 is 1.94 bits per heavy atom. The van der Waals surface area contributed by atoms with Gasteiger partial charge in [0, 0.05) is 10.6 Å². The van der Waals surface area contributed by atoms with Crippen molar-refractivity contribution in [2.45, 2.75) is 45.4 Å². The molecule has 1 aliphatic carbocycles. The van der Waals surface area contributed by atoms with Gasteiger partial charge >= 0.3 is 0 Å². The third kappa shape index (κ3) is 2.90. The smallest absolute Gasteiger partial charge is 0.150 e. The molecule has 1 aromatic carbocycles. The summed E-state index contributed by atoms with van der Waals surface area (Å²) in [6.07, 6.45) is 5.76. The maximum atomic E-state index is 10.7. The van der Waals surface area contributed by atoms with Crippen molar-refractivity contribution < 1.29 is 4.79 Å². The van der Waals surface area contributed by atoms with E-state index in [0.717, 1.165) is 11.3 Å². The zero-order valence-electron chi connectivity index (χ0n) is 10.5. The minimum atomic E-state index is 0.478. The molecule has 0 unspecified atom stereocenters. The molecule has 0 aromatic heterocycles. The van der Waals surface area contributed by atoms with Crippen LogP contribution in [-0.4, -0.2) is 6.29 Å². The molecule has 0 spiro atoms. The first-order chi connectivity index (χ1) is 8.02. The molecule has 2 rings (SSSR count). The minimum absolute atomic E-state index is 0.478. The average Bonchev–Trinajstić information content (AvgIpc) is 2.29. The van der Waals surface area contributed by atoms with Crippen molar-refractivity contribution in [3.05, 3.63) is 34.3 Å². The number of rotatable bonds is 2. The molecule has 1 aliphatic rings. The highest BCUT2D eigenvalue weighted by atomic mass is 35.5. The van der Waals surface area contributed by atoms with Gasteiger partial charge in [-0.2, -0.15) is 0 Å². The van der Waals surface area contributed by atoms with Gasteiger partial charge in [0.1, 0.15) is 6.29 Å². The molecule has 0 N–H and O–H groups in total. The van der Waals surface area contributed by atoms with E-state index in [0.29, 0.717) is 16.9 Å². The SMILES string of the molecule is CC1(C)CCC(c2ccc(C=O)cc2Cl)CC1. The lowest BCUT2D eigenvalue weighted by Crippen LogP contribution is -2.20. The van der Waals surface area contributed by atoms with Crippen molar-refractivity contribution in [3.63, 3.8) is 0 Å². The lowest BCUT2D eigenvalue weighted by Gasteiger charge is -2.34. The zero-order chi connectivity index (χ0) is 12.5. The summed E-state index contributed by atoms with van der Waals surface area (Å²) >= 11 is 6.25. The zero-order valence-corrected chi connectivity index (χ0v) is 11.3. The Hall–Kier alpha value is -0.820. The first-order valence-electron chi connectivity index (χ1n) is 6.26. The molecule has 92 valence electrons. The van der Waals surface area contributed by atoms with Gasteiger partial charge in [0.15, 0.2) is 0 Å². The Balaban J connectivity index is 2.16. The third-order valence-electron chi connectivity index (χ3n) is 3.94. The van der Waals surface area contributed by atoms with Crippen LogP contribution in [0.5, 0.6) is 0 Å². The van der Waals surface area contributed by atoms with E-state index in [1.165, 1.54) is 31.2 Å². The van der Waals surface area contributed by atoms with Crippen molar-refractivity contribution in [1.29, 1.82) is 0 Å². The summed E-state index contributed by atoms with van der Waals surface area (Å²) in [5, 5.41) is 0.749. The number of aldehydes is 1. The lowest BCUT2D eigenvalue weighted by atomic mass is 9.71. The molecule has 2 heteroatoms. The average molecular weight is 251 g/mol. The van der Waals surface area contributed by atoms with Crippen LogP contribution in [0.15, 0.2) is 18.2 Å². The molecular weight excluding hydrogens is 232 g/mol. The predicted molar refractivity (Wildman–Crippen MR) is 71.8 cm³/mol. The van der Waals surface area contributed by atoms with E-state index < -0.39 is 0 Å². The largest absolute Gasteiger partial charge is 0.298 e. The third-order valence-corrected chi connectivity index (χ3v) is 4.27. The van der Waals surface area contributed by atoms with Gasteiger partial charge in [-0.1, -0.05) is 37.6 Å². The second-order valence-electron chi connectivity index (χ2n) is 5.84. The topological polar surface area (TPSA) is 17.1 Å². The molecule has 1 nitrogen and oxygen atoms in total. The van der Waals surface area contributed by atoms with E-state index in [-0.39, 0.29) is 0 Å². The van der Waals surface area contributed by atoms with Crippen LogP contribution in [0, 0.1) is 5.41 Å². The number of carbonyl (C=O) groups is 1. The Morgan fingerprint density at radius 3 is 2.47 bits per heavy atom. The summed E-state index contributed by atoms with van der Waals surface area (Å²) in [4.78, 5) is 10.7. The van der Waals surface area contributed by atoms with E-state index in [1.807, 2.05) is 12.1 Å². The first-order valence-corrected chi connectivity index (χ1v) is 6.64. The molecule has 0 radical (unpaired) electrons. The maximum absolute atomic E-state index is 10.7. The van der Waals surface area contributed by atoms with Gasteiger partial charge < -0.3 is 0 Å². The molecule has 1 fully saturated rings. The van der Waals surface area contributed by atoms with Crippen molar-refractivity contribution >= 4 is 17.9 Å². The number of carbonyl (C=O) groups excluding carboxylic acids is 1. The second-order valence-corrected chi connectivity index (χ2v) is 6.24. The quantitative estimate of drug-likeness (QED) is 0.687. The van der Waals surface area contributed by atoms with Gasteiger partial charge in [-0.3, -0.25) is 4.79 Å². The van der Waals surface area contributed by atoms with E-state index >= 15 is 0 Å². The summed E-state index contributed by atoms with van der Waals surface area (Å²) in [5.41, 5.74) is 2.36. The molecule has 0 saturated heterocycles.